The van der Waals surface area contributed by atoms with E-state index in [-0.39, 0.29) is 11.5 Å². The van der Waals surface area contributed by atoms with Crippen LogP contribution in [0.25, 0.3) is 27.8 Å². The van der Waals surface area contributed by atoms with Crippen LogP contribution < -0.4 is 10.9 Å². The lowest BCUT2D eigenvalue weighted by Crippen LogP contribution is -2.38. The minimum Gasteiger partial charge on any atom is -0.350 e. The molecule has 4 aromatic carbocycles. The van der Waals surface area contributed by atoms with Gasteiger partial charge in [-0.25, -0.2) is 4.52 Å². The van der Waals surface area contributed by atoms with Gasteiger partial charge in [-0.15, -0.1) is 5.10 Å². The highest BCUT2D eigenvalue weighted by molar-refractivity contribution is 5.89. The molecule has 7 nitrogen and oxygen atoms in total. The second-order valence-corrected chi connectivity index (χ2v) is 9.24. The molecule has 0 aliphatic heterocycles. The Morgan fingerprint density at radius 3 is 2.16 bits per heavy atom. The number of fused-ring (bicyclic) bond motifs is 3. The number of aryl methyl sites for hydroxylation is 1. The van der Waals surface area contributed by atoms with Gasteiger partial charge in [0.1, 0.15) is 11.7 Å². The fourth-order valence-electron chi connectivity index (χ4n) is 4.81. The highest BCUT2D eigenvalue weighted by Crippen LogP contribution is 2.27. The first kappa shape index (κ1) is 23.4. The van der Waals surface area contributed by atoms with Gasteiger partial charge in [0.25, 0.3) is 5.56 Å². The fourth-order valence-corrected chi connectivity index (χ4v) is 4.81. The first-order valence-electron chi connectivity index (χ1n) is 12.4. The first-order valence-corrected chi connectivity index (χ1v) is 12.4. The third-order valence-corrected chi connectivity index (χ3v) is 6.72. The summed E-state index contributed by atoms with van der Waals surface area (Å²) in [6.45, 7) is 2.34. The maximum atomic E-state index is 14.3. The van der Waals surface area contributed by atoms with Crippen LogP contribution >= 0.6 is 0 Å². The van der Waals surface area contributed by atoms with Crippen molar-refractivity contribution in [2.24, 2.45) is 0 Å². The number of rotatable bonds is 6. The van der Waals surface area contributed by atoms with Crippen molar-refractivity contribution < 1.29 is 4.79 Å². The van der Waals surface area contributed by atoms with Crippen LogP contribution in [0.5, 0.6) is 0 Å². The third-order valence-electron chi connectivity index (χ3n) is 6.72. The summed E-state index contributed by atoms with van der Waals surface area (Å²) in [4.78, 5) is 28.3. The summed E-state index contributed by atoms with van der Waals surface area (Å²) in [6.07, 6.45) is 0. The second-order valence-electron chi connectivity index (χ2n) is 9.24. The van der Waals surface area contributed by atoms with Crippen molar-refractivity contribution in [3.05, 3.63) is 136 Å². The smallest absolute Gasteiger partial charge is 0.280 e. The van der Waals surface area contributed by atoms with Gasteiger partial charge in [0.05, 0.1) is 11.0 Å². The maximum absolute atomic E-state index is 14.3. The Morgan fingerprint density at radius 2 is 1.45 bits per heavy atom. The minimum absolute atomic E-state index is 0.275. The van der Waals surface area contributed by atoms with Crippen LogP contribution in [0.15, 0.2) is 114 Å². The van der Waals surface area contributed by atoms with Crippen molar-refractivity contribution in [3.63, 3.8) is 0 Å². The van der Waals surface area contributed by atoms with E-state index in [1.54, 1.807) is 9.08 Å². The molecule has 6 aromatic rings. The van der Waals surface area contributed by atoms with Gasteiger partial charge in [-0.3, -0.25) is 14.2 Å². The summed E-state index contributed by atoms with van der Waals surface area (Å²) in [7, 11) is 0. The van der Waals surface area contributed by atoms with E-state index < -0.39 is 6.04 Å². The van der Waals surface area contributed by atoms with Crippen molar-refractivity contribution in [2.45, 2.75) is 19.5 Å². The van der Waals surface area contributed by atoms with Crippen molar-refractivity contribution in [2.75, 3.05) is 0 Å². The van der Waals surface area contributed by atoms with Gasteiger partial charge >= 0.3 is 0 Å². The van der Waals surface area contributed by atoms with Crippen LogP contribution in [0.3, 0.4) is 0 Å². The van der Waals surface area contributed by atoms with Crippen LogP contribution in [0, 0.1) is 6.92 Å². The highest BCUT2D eigenvalue weighted by Gasteiger charge is 2.28. The number of hydrogen-bond donors (Lipinski definition) is 1. The van der Waals surface area contributed by atoms with Gasteiger partial charge in [-0.1, -0.05) is 108 Å². The number of hydrogen-bond acceptors (Lipinski definition) is 4. The second kappa shape index (κ2) is 9.78. The van der Waals surface area contributed by atoms with Crippen LogP contribution in [0.2, 0.25) is 0 Å². The van der Waals surface area contributed by atoms with E-state index in [0.29, 0.717) is 34.4 Å². The van der Waals surface area contributed by atoms with E-state index in [1.165, 1.54) is 0 Å². The predicted molar refractivity (Wildman–Crippen MR) is 148 cm³/mol. The van der Waals surface area contributed by atoms with Crippen molar-refractivity contribution in [3.8, 4) is 11.3 Å². The van der Waals surface area contributed by atoms with E-state index in [2.05, 4.69) is 15.6 Å². The summed E-state index contributed by atoms with van der Waals surface area (Å²) in [5, 5.41) is 11.8. The number of aromatic nitrogens is 4. The Kier molecular flexibility index (Phi) is 6.01. The van der Waals surface area contributed by atoms with Crippen LogP contribution in [-0.2, 0) is 11.3 Å². The quantitative estimate of drug-likeness (QED) is 0.353. The molecule has 0 fully saturated rings. The van der Waals surface area contributed by atoms with Gasteiger partial charge in [0, 0.05) is 12.1 Å². The molecule has 0 aliphatic carbocycles. The SMILES string of the molecule is Cc1ccc(C(C(=O)NCc2ccccc2)n2c(=O)c3c(-c4ccccc4)nnn3c3ccccc32)cc1. The zero-order valence-electron chi connectivity index (χ0n) is 20.8. The average Bonchev–Trinajstić information content (AvgIpc) is 3.42. The molecule has 0 bridgehead atoms. The first-order chi connectivity index (χ1) is 18.6. The molecule has 2 aromatic heterocycles. The summed E-state index contributed by atoms with van der Waals surface area (Å²) >= 11 is 0. The van der Waals surface area contributed by atoms with E-state index in [9.17, 15) is 9.59 Å². The largest absolute Gasteiger partial charge is 0.350 e. The molecular formula is C31H25N5O2. The molecule has 1 amide bonds. The summed E-state index contributed by atoms with van der Waals surface area (Å²) in [6, 6.07) is 33.5. The number of carbonyl (C=O) groups is 1. The molecule has 186 valence electrons. The zero-order chi connectivity index (χ0) is 26.1. The Morgan fingerprint density at radius 1 is 0.816 bits per heavy atom. The molecule has 1 N–H and O–H groups in total. The third kappa shape index (κ3) is 4.14. The number of benzene rings is 4. The van der Waals surface area contributed by atoms with Gasteiger partial charge < -0.3 is 5.32 Å². The van der Waals surface area contributed by atoms with E-state index in [1.807, 2.05) is 116 Å². The standard InChI is InChI=1S/C31H25N5O2/c1-21-16-18-24(19-17-21)28(30(37)32-20-22-10-4-2-5-11-22)35-25-14-8-9-15-26(25)36-29(31(35)38)27(33-34-36)23-12-6-3-7-13-23/h2-19,28H,20H2,1H3,(H,32,37). The lowest BCUT2D eigenvalue weighted by atomic mass is 10.0. The molecular weight excluding hydrogens is 474 g/mol. The topological polar surface area (TPSA) is 81.3 Å². The fraction of sp³-hybridized carbons (Fsp3) is 0.0968. The molecule has 0 spiro atoms. The molecule has 7 heteroatoms. The van der Waals surface area contributed by atoms with E-state index in [4.69, 9.17) is 0 Å². The molecule has 2 heterocycles. The summed E-state index contributed by atoms with van der Waals surface area (Å²) in [5.41, 5.74) is 5.27. The van der Waals surface area contributed by atoms with Gasteiger partial charge in [-0.05, 0) is 30.2 Å². The summed E-state index contributed by atoms with van der Waals surface area (Å²) in [5.74, 6) is -0.275. The predicted octanol–water partition coefficient (Wildman–Crippen LogP) is 4.93. The molecule has 38 heavy (non-hydrogen) atoms. The molecule has 0 aliphatic rings. The Hall–Kier alpha value is -5.04. The van der Waals surface area contributed by atoms with Crippen molar-refractivity contribution >= 4 is 22.5 Å². The van der Waals surface area contributed by atoms with Crippen LogP contribution in [-0.4, -0.2) is 25.3 Å². The minimum atomic E-state index is -0.903. The number of carbonyl (C=O) groups excluding carboxylic acids is 1. The van der Waals surface area contributed by atoms with Crippen molar-refractivity contribution in [1.82, 2.24) is 24.7 Å². The Balaban J connectivity index is 1.59. The van der Waals surface area contributed by atoms with Crippen molar-refractivity contribution in [1.29, 1.82) is 0 Å². The monoisotopic (exact) mass is 499 g/mol. The number of para-hydroxylation sites is 2. The average molecular weight is 500 g/mol. The Labute approximate surface area is 219 Å². The summed E-state index contributed by atoms with van der Waals surface area (Å²) < 4.78 is 3.15. The van der Waals surface area contributed by atoms with E-state index in [0.717, 1.165) is 16.7 Å². The molecule has 0 saturated carbocycles. The molecule has 1 atom stereocenters. The van der Waals surface area contributed by atoms with Gasteiger partial charge in [0.15, 0.2) is 5.52 Å². The van der Waals surface area contributed by atoms with E-state index >= 15 is 0 Å². The molecule has 1 unspecified atom stereocenters. The van der Waals surface area contributed by atoms with Gasteiger partial charge in [-0.2, -0.15) is 0 Å². The maximum Gasteiger partial charge on any atom is 0.280 e. The lowest BCUT2D eigenvalue weighted by molar-refractivity contribution is -0.123. The Bertz CT molecular complexity index is 1810. The highest BCUT2D eigenvalue weighted by atomic mass is 16.2. The number of nitrogens with zero attached hydrogens (tertiary/aromatic N) is 4. The normalized spacial score (nSPS) is 12.0. The zero-order valence-corrected chi connectivity index (χ0v) is 20.8. The van der Waals surface area contributed by atoms with Crippen LogP contribution in [0.1, 0.15) is 22.7 Å². The van der Waals surface area contributed by atoms with Gasteiger partial charge in [0.2, 0.25) is 5.91 Å². The molecule has 6 rings (SSSR count). The molecule has 0 saturated heterocycles. The number of nitrogens with one attached hydrogen (secondary N) is 1. The van der Waals surface area contributed by atoms with Crippen LogP contribution in [0.4, 0.5) is 0 Å². The number of amides is 1. The molecule has 0 radical (unpaired) electrons. The lowest BCUT2D eigenvalue weighted by Gasteiger charge is -2.23.